The van der Waals surface area contributed by atoms with Crippen LogP contribution in [0.25, 0.3) is 0 Å². The number of aliphatic hydroxyl groups excluding tert-OH is 1. The number of likely N-dealkylation sites (N-methyl/N-ethyl adjacent to an activating group) is 1. The first-order valence-corrected chi connectivity index (χ1v) is 6.34. The molecular formula is C13H17ClN2O2. The summed E-state index contributed by atoms with van der Waals surface area (Å²) in [4.78, 5) is 13.7. The minimum absolute atomic E-state index is 0.00470. The highest BCUT2D eigenvalue weighted by atomic mass is 35.5. The molecular weight excluding hydrogens is 252 g/mol. The number of hydrogen-bond acceptors (Lipinski definition) is 3. The molecule has 0 bridgehead atoms. The predicted octanol–water partition coefficient (Wildman–Crippen LogP) is 0.674. The molecule has 0 saturated carbocycles. The van der Waals surface area contributed by atoms with Gasteiger partial charge >= 0.3 is 0 Å². The lowest BCUT2D eigenvalue weighted by Crippen LogP contribution is -2.44. The van der Waals surface area contributed by atoms with Crippen LogP contribution >= 0.6 is 11.6 Å². The van der Waals surface area contributed by atoms with Crippen LogP contribution in [0.1, 0.15) is 5.56 Å². The lowest BCUT2D eigenvalue weighted by Gasteiger charge is -2.26. The number of carbonyl (C=O) groups is 1. The third-order valence-corrected chi connectivity index (χ3v) is 3.56. The SMILES string of the molecule is CN(C(=O)Cc1ccc(Cl)cc1)[C@H]1CNC[C@@H]1O. The van der Waals surface area contributed by atoms with Gasteiger partial charge in [-0.1, -0.05) is 23.7 Å². The zero-order chi connectivity index (χ0) is 13.1. The molecule has 1 fully saturated rings. The van der Waals surface area contributed by atoms with Crippen molar-refractivity contribution in [2.75, 3.05) is 20.1 Å². The largest absolute Gasteiger partial charge is 0.390 e. The number of carbonyl (C=O) groups excluding carboxylic acids is 1. The van der Waals surface area contributed by atoms with Crippen LogP contribution < -0.4 is 5.32 Å². The number of nitrogens with zero attached hydrogens (tertiary/aromatic N) is 1. The number of halogens is 1. The van der Waals surface area contributed by atoms with Gasteiger partial charge in [0, 0.05) is 25.2 Å². The van der Waals surface area contributed by atoms with E-state index >= 15 is 0 Å². The quantitative estimate of drug-likeness (QED) is 0.847. The first-order chi connectivity index (χ1) is 8.58. The zero-order valence-corrected chi connectivity index (χ0v) is 11.0. The molecule has 1 saturated heterocycles. The van der Waals surface area contributed by atoms with Gasteiger partial charge in [0.25, 0.3) is 0 Å². The topological polar surface area (TPSA) is 52.6 Å². The fourth-order valence-electron chi connectivity index (χ4n) is 2.13. The average Bonchev–Trinajstić information content (AvgIpc) is 2.77. The number of rotatable bonds is 3. The third kappa shape index (κ3) is 3.02. The second-order valence-electron chi connectivity index (χ2n) is 4.60. The Bertz CT molecular complexity index is 422. The van der Waals surface area contributed by atoms with Crippen molar-refractivity contribution in [2.24, 2.45) is 0 Å². The first kappa shape index (κ1) is 13.3. The Balaban J connectivity index is 1.97. The molecule has 2 N–H and O–H groups in total. The Kier molecular flexibility index (Phi) is 4.22. The van der Waals surface area contributed by atoms with Gasteiger partial charge in [-0.2, -0.15) is 0 Å². The summed E-state index contributed by atoms with van der Waals surface area (Å²) in [6.07, 6.45) is -0.152. The summed E-state index contributed by atoms with van der Waals surface area (Å²) in [5.41, 5.74) is 0.927. The highest BCUT2D eigenvalue weighted by Gasteiger charge is 2.30. The Morgan fingerprint density at radius 3 is 2.67 bits per heavy atom. The van der Waals surface area contributed by atoms with Crippen LogP contribution in [0.4, 0.5) is 0 Å². The summed E-state index contributed by atoms with van der Waals surface area (Å²) in [5.74, 6) is 0.00470. The Morgan fingerprint density at radius 1 is 1.44 bits per heavy atom. The van der Waals surface area contributed by atoms with E-state index in [-0.39, 0.29) is 11.9 Å². The first-order valence-electron chi connectivity index (χ1n) is 5.97. The lowest BCUT2D eigenvalue weighted by molar-refractivity contribution is -0.132. The van der Waals surface area contributed by atoms with Crippen molar-refractivity contribution in [3.8, 4) is 0 Å². The maximum Gasteiger partial charge on any atom is 0.227 e. The van der Waals surface area contributed by atoms with Gasteiger partial charge in [-0.25, -0.2) is 0 Å². The van der Waals surface area contributed by atoms with Crippen molar-refractivity contribution in [3.63, 3.8) is 0 Å². The molecule has 1 aromatic rings. The van der Waals surface area contributed by atoms with E-state index in [0.717, 1.165) is 5.56 Å². The van der Waals surface area contributed by atoms with E-state index in [2.05, 4.69) is 5.32 Å². The summed E-state index contributed by atoms with van der Waals surface area (Å²) in [7, 11) is 1.74. The van der Waals surface area contributed by atoms with Crippen LogP contribution in [0.2, 0.25) is 5.02 Å². The molecule has 2 rings (SSSR count). The van der Waals surface area contributed by atoms with Crippen molar-refractivity contribution in [3.05, 3.63) is 34.9 Å². The van der Waals surface area contributed by atoms with Crippen LogP contribution in [0.5, 0.6) is 0 Å². The van der Waals surface area contributed by atoms with E-state index in [1.165, 1.54) is 0 Å². The fourth-order valence-corrected chi connectivity index (χ4v) is 2.26. The smallest absolute Gasteiger partial charge is 0.227 e. The molecule has 1 aliphatic heterocycles. The van der Waals surface area contributed by atoms with Crippen molar-refractivity contribution >= 4 is 17.5 Å². The normalized spacial score (nSPS) is 23.1. The molecule has 0 aromatic heterocycles. The number of β-amino-alcohol motifs (C(OH)–C–C–N with tert-alkyl or cyclic N) is 1. The summed E-state index contributed by atoms with van der Waals surface area (Å²) < 4.78 is 0. The molecule has 18 heavy (non-hydrogen) atoms. The number of amides is 1. The molecule has 2 atom stereocenters. The van der Waals surface area contributed by atoms with Gasteiger partial charge in [0.15, 0.2) is 0 Å². The third-order valence-electron chi connectivity index (χ3n) is 3.31. The van der Waals surface area contributed by atoms with Gasteiger partial charge in [0.1, 0.15) is 0 Å². The van der Waals surface area contributed by atoms with Crippen LogP contribution in [0, 0.1) is 0 Å². The molecule has 4 nitrogen and oxygen atoms in total. The molecule has 5 heteroatoms. The van der Waals surface area contributed by atoms with Crippen LogP contribution in [-0.2, 0) is 11.2 Å². The van der Waals surface area contributed by atoms with E-state index < -0.39 is 6.10 Å². The van der Waals surface area contributed by atoms with Gasteiger partial charge in [-0.05, 0) is 17.7 Å². The summed E-state index contributed by atoms with van der Waals surface area (Å²) in [6, 6.07) is 7.10. The van der Waals surface area contributed by atoms with Gasteiger partial charge in [0.05, 0.1) is 18.6 Å². The van der Waals surface area contributed by atoms with Crippen LogP contribution in [0.15, 0.2) is 24.3 Å². The van der Waals surface area contributed by atoms with Gasteiger partial charge < -0.3 is 15.3 Å². The molecule has 0 unspecified atom stereocenters. The van der Waals surface area contributed by atoms with Crippen LogP contribution in [0.3, 0.4) is 0 Å². The number of hydrogen-bond donors (Lipinski definition) is 2. The minimum atomic E-state index is -0.482. The molecule has 0 radical (unpaired) electrons. The molecule has 98 valence electrons. The molecule has 1 aliphatic rings. The number of nitrogens with one attached hydrogen (secondary N) is 1. The van der Waals surface area contributed by atoms with Crippen LogP contribution in [-0.4, -0.2) is 48.2 Å². The standard InChI is InChI=1S/C13H17ClN2O2/c1-16(11-7-15-8-12(11)17)13(18)6-9-2-4-10(14)5-3-9/h2-5,11-12,15,17H,6-8H2,1H3/t11-,12-/m0/s1. The van der Waals surface area contributed by atoms with Gasteiger partial charge in [-0.15, -0.1) is 0 Å². The van der Waals surface area contributed by atoms with Gasteiger partial charge in [0.2, 0.25) is 5.91 Å². The highest BCUT2D eigenvalue weighted by molar-refractivity contribution is 6.30. The number of benzene rings is 1. The summed E-state index contributed by atoms with van der Waals surface area (Å²) >= 11 is 5.80. The van der Waals surface area contributed by atoms with Crippen molar-refractivity contribution in [2.45, 2.75) is 18.6 Å². The summed E-state index contributed by atoms with van der Waals surface area (Å²) in [5, 5.41) is 13.5. The molecule has 1 heterocycles. The molecule has 0 spiro atoms. The Labute approximate surface area is 112 Å². The second kappa shape index (κ2) is 5.69. The fraction of sp³-hybridized carbons (Fsp3) is 0.462. The van der Waals surface area contributed by atoms with E-state index in [4.69, 9.17) is 11.6 Å². The van der Waals surface area contributed by atoms with E-state index in [0.29, 0.717) is 24.5 Å². The Morgan fingerprint density at radius 2 is 2.11 bits per heavy atom. The van der Waals surface area contributed by atoms with Crippen molar-refractivity contribution in [1.29, 1.82) is 0 Å². The van der Waals surface area contributed by atoms with E-state index in [1.807, 2.05) is 12.1 Å². The molecule has 0 aliphatic carbocycles. The monoisotopic (exact) mass is 268 g/mol. The van der Waals surface area contributed by atoms with Crippen molar-refractivity contribution < 1.29 is 9.90 Å². The second-order valence-corrected chi connectivity index (χ2v) is 5.04. The maximum absolute atomic E-state index is 12.1. The zero-order valence-electron chi connectivity index (χ0n) is 10.3. The lowest BCUT2D eigenvalue weighted by atomic mass is 10.1. The molecule has 1 amide bonds. The number of aliphatic hydroxyl groups is 1. The summed E-state index contributed by atoms with van der Waals surface area (Å²) in [6.45, 7) is 1.19. The van der Waals surface area contributed by atoms with Gasteiger partial charge in [-0.3, -0.25) is 4.79 Å². The van der Waals surface area contributed by atoms with E-state index in [9.17, 15) is 9.90 Å². The Hall–Kier alpha value is -1.10. The average molecular weight is 269 g/mol. The van der Waals surface area contributed by atoms with Crippen molar-refractivity contribution in [1.82, 2.24) is 10.2 Å². The minimum Gasteiger partial charge on any atom is -0.390 e. The highest BCUT2D eigenvalue weighted by Crippen LogP contribution is 2.13. The maximum atomic E-state index is 12.1. The van der Waals surface area contributed by atoms with E-state index in [1.54, 1.807) is 24.1 Å². The predicted molar refractivity (Wildman–Crippen MR) is 70.6 cm³/mol. The molecule has 1 aromatic carbocycles.